The summed E-state index contributed by atoms with van der Waals surface area (Å²) < 4.78 is 30.7. The van der Waals surface area contributed by atoms with Gasteiger partial charge in [0, 0.05) is 36.4 Å². The van der Waals surface area contributed by atoms with Crippen LogP contribution in [0.25, 0.3) is 0 Å². The van der Waals surface area contributed by atoms with Gasteiger partial charge in [-0.25, -0.2) is 8.42 Å². The zero-order valence-electron chi connectivity index (χ0n) is 19.8. The van der Waals surface area contributed by atoms with Crippen molar-refractivity contribution in [2.45, 2.75) is 51.4 Å². The maximum Gasteiger partial charge on any atom is 0.150 e. The van der Waals surface area contributed by atoms with Crippen LogP contribution in [0.1, 0.15) is 56.1 Å². The van der Waals surface area contributed by atoms with Crippen LogP contribution >= 0.6 is 0 Å². The van der Waals surface area contributed by atoms with E-state index in [9.17, 15) is 8.42 Å². The van der Waals surface area contributed by atoms with E-state index in [0.29, 0.717) is 29.8 Å². The van der Waals surface area contributed by atoms with Crippen LogP contribution in [0.5, 0.6) is 5.75 Å². The predicted molar refractivity (Wildman–Crippen MR) is 135 cm³/mol. The van der Waals surface area contributed by atoms with Crippen LogP contribution < -0.4 is 9.64 Å². The second kappa shape index (κ2) is 9.69. The summed E-state index contributed by atoms with van der Waals surface area (Å²) in [5.41, 5.74) is 3.95. The molecule has 2 heterocycles. The lowest BCUT2D eigenvalue weighted by Gasteiger charge is -2.42. The second-order valence-electron chi connectivity index (χ2n) is 10.5. The summed E-state index contributed by atoms with van der Waals surface area (Å²) in [4.78, 5) is 2.33. The number of nitrogens with zero attached hydrogens (tertiary/aromatic N) is 1. The molecule has 0 aromatic heterocycles. The summed E-state index contributed by atoms with van der Waals surface area (Å²) in [6.45, 7) is 4.42. The van der Waals surface area contributed by atoms with E-state index in [1.54, 1.807) is 0 Å². The Morgan fingerprint density at radius 1 is 1.03 bits per heavy atom. The molecule has 1 saturated carbocycles. The van der Waals surface area contributed by atoms with Gasteiger partial charge < -0.3 is 9.64 Å². The minimum atomic E-state index is -2.92. The summed E-state index contributed by atoms with van der Waals surface area (Å²) in [6, 6.07) is 17.5. The molecule has 3 aliphatic rings. The first kappa shape index (κ1) is 22.8. The number of hydrogen-bond acceptors (Lipinski definition) is 4. The van der Waals surface area contributed by atoms with E-state index in [4.69, 9.17) is 4.74 Å². The van der Waals surface area contributed by atoms with Gasteiger partial charge in [-0.05, 0) is 60.4 Å². The maximum atomic E-state index is 12.2. The Kier molecular flexibility index (Phi) is 6.69. The number of hydrogen-bond donors (Lipinski definition) is 0. The molecule has 4 nitrogen and oxygen atoms in total. The number of benzene rings is 2. The second-order valence-corrected chi connectivity index (χ2v) is 12.7. The van der Waals surface area contributed by atoms with Crippen LogP contribution in [0, 0.1) is 17.8 Å². The molecule has 2 aromatic carbocycles. The zero-order chi connectivity index (χ0) is 22.8. The third-order valence-corrected chi connectivity index (χ3v) is 9.91. The minimum absolute atomic E-state index is 0.250. The van der Waals surface area contributed by atoms with Gasteiger partial charge in [0.25, 0.3) is 0 Å². The molecule has 0 bridgehead atoms. The zero-order valence-corrected chi connectivity index (χ0v) is 20.6. The van der Waals surface area contributed by atoms with Crippen molar-refractivity contribution in [2.75, 3.05) is 36.1 Å². The highest BCUT2D eigenvalue weighted by atomic mass is 32.2. The van der Waals surface area contributed by atoms with Crippen LogP contribution in [0.4, 0.5) is 5.69 Å². The van der Waals surface area contributed by atoms with Crippen molar-refractivity contribution in [3.8, 4) is 5.75 Å². The molecular formula is C28H37NO3S. The van der Waals surface area contributed by atoms with Crippen molar-refractivity contribution < 1.29 is 13.2 Å². The smallest absolute Gasteiger partial charge is 0.150 e. The largest absolute Gasteiger partial charge is 0.493 e. The first-order chi connectivity index (χ1) is 16.0. The molecule has 5 rings (SSSR count). The SMILES string of the molecule is CCCS(=O)(=O)CC1CN(c2ccc3c(c2)C(Cc2ccccc2)C(CC2CCC2)CO3)C1. The summed E-state index contributed by atoms with van der Waals surface area (Å²) in [6.07, 6.45) is 7.15. The molecule has 2 aromatic rings. The fourth-order valence-corrected chi connectivity index (χ4v) is 7.61. The Bertz CT molecular complexity index is 1040. The molecule has 2 fully saturated rings. The number of sulfone groups is 1. The van der Waals surface area contributed by atoms with E-state index < -0.39 is 9.84 Å². The Balaban J connectivity index is 1.33. The number of anilines is 1. The minimum Gasteiger partial charge on any atom is -0.493 e. The molecule has 1 saturated heterocycles. The van der Waals surface area contributed by atoms with Gasteiger partial charge in [0.2, 0.25) is 0 Å². The lowest BCUT2D eigenvalue weighted by molar-refractivity contribution is 0.142. The fourth-order valence-electron chi connectivity index (χ4n) is 5.89. The summed E-state index contributed by atoms with van der Waals surface area (Å²) >= 11 is 0. The van der Waals surface area contributed by atoms with E-state index in [1.165, 1.54) is 42.5 Å². The number of fused-ring (bicyclic) bond motifs is 1. The lowest BCUT2D eigenvalue weighted by Crippen LogP contribution is -2.50. The van der Waals surface area contributed by atoms with Crippen molar-refractivity contribution in [1.82, 2.24) is 0 Å². The topological polar surface area (TPSA) is 46.6 Å². The molecule has 0 N–H and O–H groups in total. The van der Waals surface area contributed by atoms with Gasteiger partial charge >= 0.3 is 0 Å². The number of ether oxygens (including phenoxy) is 1. The average molecular weight is 468 g/mol. The fraction of sp³-hybridized carbons (Fsp3) is 0.571. The highest BCUT2D eigenvalue weighted by molar-refractivity contribution is 7.91. The van der Waals surface area contributed by atoms with Crippen LogP contribution in [0.15, 0.2) is 48.5 Å². The normalized spacial score (nSPS) is 23.4. The molecule has 33 heavy (non-hydrogen) atoms. The van der Waals surface area contributed by atoms with Crippen molar-refractivity contribution in [3.63, 3.8) is 0 Å². The first-order valence-corrected chi connectivity index (χ1v) is 14.6. The summed E-state index contributed by atoms with van der Waals surface area (Å²) in [5, 5.41) is 0. The third kappa shape index (κ3) is 5.24. The van der Waals surface area contributed by atoms with Gasteiger partial charge in [0.05, 0.1) is 12.4 Å². The van der Waals surface area contributed by atoms with Crippen molar-refractivity contribution in [2.24, 2.45) is 17.8 Å². The molecule has 178 valence electrons. The molecule has 2 aliphatic heterocycles. The van der Waals surface area contributed by atoms with Gasteiger partial charge in [0.1, 0.15) is 5.75 Å². The van der Waals surface area contributed by atoms with Gasteiger partial charge in [-0.1, -0.05) is 56.5 Å². The molecule has 5 heteroatoms. The molecule has 0 spiro atoms. The van der Waals surface area contributed by atoms with Gasteiger partial charge in [-0.3, -0.25) is 0 Å². The van der Waals surface area contributed by atoms with Crippen LogP contribution in [-0.2, 0) is 16.3 Å². The van der Waals surface area contributed by atoms with Crippen LogP contribution in [-0.4, -0.2) is 39.6 Å². The Morgan fingerprint density at radius 3 is 2.52 bits per heavy atom. The predicted octanol–water partition coefficient (Wildman–Crippen LogP) is 5.47. The van der Waals surface area contributed by atoms with Crippen molar-refractivity contribution in [3.05, 3.63) is 59.7 Å². The Hall–Kier alpha value is -2.01. The highest BCUT2D eigenvalue weighted by Gasteiger charge is 2.36. The van der Waals surface area contributed by atoms with E-state index in [2.05, 4.69) is 53.4 Å². The summed E-state index contributed by atoms with van der Waals surface area (Å²) in [7, 11) is -2.92. The van der Waals surface area contributed by atoms with Gasteiger partial charge in [-0.2, -0.15) is 0 Å². The van der Waals surface area contributed by atoms with Gasteiger partial charge in [0.15, 0.2) is 9.84 Å². The Labute approximate surface area is 199 Å². The van der Waals surface area contributed by atoms with E-state index >= 15 is 0 Å². The molecule has 0 radical (unpaired) electrons. The first-order valence-electron chi connectivity index (χ1n) is 12.8. The molecule has 1 aliphatic carbocycles. The molecule has 0 amide bonds. The van der Waals surface area contributed by atoms with Crippen LogP contribution in [0.3, 0.4) is 0 Å². The van der Waals surface area contributed by atoms with E-state index in [0.717, 1.165) is 37.8 Å². The van der Waals surface area contributed by atoms with Gasteiger partial charge in [-0.15, -0.1) is 0 Å². The summed E-state index contributed by atoms with van der Waals surface area (Å²) in [5.74, 6) is 3.81. The monoisotopic (exact) mass is 467 g/mol. The maximum absolute atomic E-state index is 12.2. The average Bonchev–Trinajstić information content (AvgIpc) is 2.74. The third-order valence-electron chi connectivity index (χ3n) is 7.90. The van der Waals surface area contributed by atoms with Crippen molar-refractivity contribution >= 4 is 15.5 Å². The molecule has 2 unspecified atom stereocenters. The standard InChI is InChI=1S/C28H37NO3S/c1-2-13-33(30,31)20-23-17-29(18-23)25-11-12-28-27(16-25)26(15-22-7-4-3-5-8-22)24(19-32-28)14-21-9-6-10-21/h3-5,7-8,11-12,16,21,23-24,26H,2,6,9-10,13-15,17-20H2,1H3. The molecule has 2 atom stereocenters. The van der Waals surface area contributed by atoms with E-state index in [1.807, 2.05) is 6.92 Å². The Morgan fingerprint density at radius 2 is 1.82 bits per heavy atom. The van der Waals surface area contributed by atoms with Crippen LogP contribution in [0.2, 0.25) is 0 Å². The van der Waals surface area contributed by atoms with Crippen molar-refractivity contribution in [1.29, 1.82) is 0 Å². The number of rotatable bonds is 9. The molecular weight excluding hydrogens is 430 g/mol. The lowest BCUT2D eigenvalue weighted by atomic mass is 9.71. The highest BCUT2D eigenvalue weighted by Crippen LogP contribution is 2.46. The quantitative estimate of drug-likeness (QED) is 0.490. The van der Waals surface area contributed by atoms with E-state index in [-0.39, 0.29) is 5.92 Å².